The van der Waals surface area contributed by atoms with Gasteiger partial charge in [-0.2, -0.15) is 13.2 Å². The van der Waals surface area contributed by atoms with Crippen LogP contribution in [0.5, 0.6) is 5.75 Å². The van der Waals surface area contributed by atoms with E-state index in [0.29, 0.717) is 11.3 Å². The molecule has 0 saturated carbocycles. The van der Waals surface area contributed by atoms with E-state index in [9.17, 15) is 18.0 Å². The number of amides is 1. The van der Waals surface area contributed by atoms with Crippen LogP contribution in [0.2, 0.25) is 0 Å². The molecule has 1 N–H and O–H groups in total. The molecule has 0 bridgehead atoms. The van der Waals surface area contributed by atoms with E-state index in [1.807, 2.05) is 26.0 Å². The molecule has 0 saturated heterocycles. The first-order valence-corrected chi connectivity index (χ1v) is 7.38. The third kappa shape index (κ3) is 5.01. The summed E-state index contributed by atoms with van der Waals surface area (Å²) in [6.45, 7) is 3.73. The first kappa shape index (κ1) is 17.8. The molecular formula is C18H18F3NO2. The fraction of sp³-hybridized carbons (Fsp3) is 0.278. The number of carbonyl (C=O) groups excluding carboxylic acids is 1. The van der Waals surface area contributed by atoms with Crippen LogP contribution in [0.25, 0.3) is 0 Å². The smallest absolute Gasteiger partial charge is 0.416 e. The van der Waals surface area contributed by atoms with Gasteiger partial charge in [0, 0.05) is 6.54 Å². The van der Waals surface area contributed by atoms with Crippen molar-refractivity contribution in [1.82, 2.24) is 5.32 Å². The lowest BCUT2D eigenvalue weighted by atomic mass is 10.1. The maximum atomic E-state index is 12.6. The molecule has 24 heavy (non-hydrogen) atoms. The fourth-order valence-electron chi connectivity index (χ4n) is 2.06. The highest BCUT2D eigenvalue weighted by molar-refractivity contribution is 5.77. The first-order valence-electron chi connectivity index (χ1n) is 7.38. The maximum absolute atomic E-state index is 12.6. The summed E-state index contributed by atoms with van der Waals surface area (Å²) in [5.41, 5.74) is 1.82. The summed E-state index contributed by atoms with van der Waals surface area (Å²) >= 11 is 0. The monoisotopic (exact) mass is 337 g/mol. The summed E-state index contributed by atoms with van der Waals surface area (Å²) in [6, 6.07) is 10.3. The average molecular weight is 337 g/mol. The summed E-state index contributed by atoms with van der Waals surface area (Å²) in [4.78, 5) is 11.8. The molecule has 0 spiro atoms. The minimum atomic E-state index is -4.40. The average Bonchev–Trinajstić information content (AvgIpc) is 2.53. The highest BCUT2D eigenvalue weighted by Crippen LogP contribution is 2.29. The van der Waals surface area contributed by atoms with Gasteiger partial charge in [0.2, 0.25) is 0 Å². The molecule has 0 aliphatic carbocycles. The Kier molecular flexibility index (Phi) is 5.49. The summed E-state index contributed by atoms with van der Waals surface area (Å²) in [6.07, 6.45) is -4.40. The minimum Gasteiger partial charge on any atom is -0.484 e. The minimum absolute atomic E-state index is 0.0129. The molecule has 0 aromatic heterocycles. The molecule has 2 aromatic carbocycles. The van der Waals surface area contributed by atoms with Crippen LogP contribution in [-0.2, 0) is 17.5 Å². The first-order chi connectivity index (χ1) is 11.3. The van der Waals surface area contributed by atoms with Gasteiger partial charge in [-0.05, 0) is 54.8 Å². The zero-order valence-corrected chi connectivity index (χ0v) is 13.4. The molecule has 0 unspecified atom stereocenters. The van der Waals surface area contributed by atoms with Crippen molar-refractivity contribution in [1.29, 1.82) is 0 Å². The van der Waals surface area contributed by atoms with Gasteiger partial charge >= 0.3 is 6.18 Å². The molecule has 1 amide bonds. The van der Waals surface area contributed by atoms with Crippen molar-refractivity contribution >= 4 is 5.91 Å². The van der Waals surface area contributed by atoms with Crippen LogP contribution >= 0.6 is 0 Å². The second kappa shape index (κ2) is 7.38. The van der Waals surface area contributed by atoms with E-state index in [0.717, 1.165) is 23.3 Å². The van der Waals surface area contributed by atoms with E-state index in [2.05, 4.69) is 5.32 Å². The third-order valence-electron chi connectivity index (χ3n) is 3.59. The SMILES string of the molecule is Cc1ccc(OCC(=O)NCc2cccc(C(F)(F)F)c2)cc1C. The number of hydrogen-bond donors (Lipinski definition) is 1. The van der Waals surface area contributed by atoms with Gasteiger partial charge in [0.05, 0.1) is 5.56 Å². The lowest BCUT2D eigenvalue weighted by Crippen LogP contribution is -2.28. The Labute approximate surface area is 138 Å². The van der Waals surface area contributed by atoms with Crippen molar-refractivity contribution < 1.29 is 22.7 Å². The lowest BCUT2D eigenvalue weighted by molar-refractivity contribution is -0.137. The molecule has 0 radical (unpaired) electrons. The molecule has 2 rings (SSSR count). The van der Waals surface area contributed by atoms with Gasteiger partial charge in [0.1, 0.15) is 5.75 Å². The third-order valence-corrected chi connectivity index (χ3v) is 3.59. The number of aryl methyl sites for hydroxylation is 2. The summed E-state index contributed by atoms with van der Waals surface area (Å²) < 4.78 is 43.3. The molecule has 0 atom stereocenters. The number of carbonyl (C=O) groups is 1. The van der Waals surface area contributed by atoms with Gasteiger partial charge in [-0.15, -0.1) is 0 Å². The standard InChI is InChI=1S/C18H18F3NO2/c1-12-6-7-16(8-13(12)2)24-11-17(23)22-10-14-4-3-5-15(9-14)18(19,20)21/h3-9H,10-11H2,1-2H3,(H,22,23). The maximum Gasteiger partial charge on any atom is 0.416 e. The Morgan fingerprint density at radius 1 is 1.08 bits per heavy atom. The second-order valence-electron chi connectivity index (χ2n) is 5.51. The Bertz CT molecular complexity index is 726. The van der Waals surface area contributed by atoms with Gasteiger partial charge in [-0.1, -0.05) is 18.2 Å². The van der Waals surface area contributed by atoms with Crippen LogP contribution in [0, 0.1) is 13.8 Å². The van der Waals surface area contributed by atoms with Gasteiger partial charge < -0.3 is 10.1 Å². The van der Waals surface area contributed by atoms with Gasteiger partial charge in [-0.25, -0.2) is 0 Å². The van der Waals surface area contributed by atoms with E-state index in [-0.39, 0.29) is 13.2 Å². The van der Waals surface area contributed by atoms with Crippen molar-refractivity contribution in [3.05, 3.63) is 64.7 Å². The quantitative estimate of drug-likeness (QED) is 0.895. The van der Waals surface area contributed by atoms with Crippen LogP contribution in [0.1, 0.15) is 22.3 Å². The fourth-order valence-corrected chi connectivity index (χ4v) is 2.06. The zero-order chi connectivity index (χ0) is 17.7. The molecule has 0 aliphatic heterocycles. The number of nitrogens with one attached hydrogen (secondary N) is 1. The largest absolute Gasteiger partial charge is 0.484 e. The number of ether oxygens (including phenoxy) is 1. The number of halogens is 3. The second-order valence-corrected chi connectivity index (χ2v) is 5.51. The van der Waals surface area contributed by atoms with Crippen LogP contribution in [0.4, 0.5) is 13.2 Å². The van der Waals surface area contributed by atoms with Crippen molar-refractivity contribution in [2.24, 2.45) is 0 Å². The van der Waals surface area contributed by atoms with Crippen LogP contribution < -0.4 is 10.1 Å². The predicted molar refractivity (Wildman–Crippen MR) is 84.7 cm³/mol. The lowest BCUT2D eigenvalue weighted by Gasteiger charge is -2.11. The van der Waals surface area contributed by atoms with Gasteiger partial charge in [-0.3, -0.25) is 4.79 Å². The van der Waals surface area contributed by atoms with E-state index in [1.54, 1.807) is 6.07 Å². The molecular weight excluding hydrogens is 319 g/mol. The number of rotatable bonds is 5. The van der Waals surface area contributed by atoms with Crippen LogP contribution in [-0.4, -0.2) is 12.5 Å². The van der Waals surface area contributed by atoms with Crippen LogP contribution in [0.15, 0.2) is 42.5 Å². The molecule has 2 aromatic rings. The molecule has 3 nitrogen and oxygen atoms in total. The van der Waals surface area contributed by atoms with Crippen LogP contribution in [0.3, 0.4) is 0 Å². The summed E-state index contributed by atoms with van der Waals surface area (Å²) in [5, 5.41) is 2.54. The van der Waals surface area contributed by atoms with E-state index < -0.39 is 17.6 Å². The Morgan fingerprint density at radius 3 is 2.50 bits per heavy atom. The van der Waals surface area contributed by atoms with Crippen molar-refractivity contribution in [2.45, 2.75) is 26.6 Å². The number of benzene rings is 2. The zero-order valence-electron chi connectivity index (χ0n) is 13.4. The highest BCUT2D eigenvalue weighted by atomic mass is 19.4. The highest BCUT2D eigenvalue weighted by Gasteiger charge is 2.30. The summed E-state index contributed by atoms with van der Waals surface area (Å²) in [7, 11) is 0. The Hall–Kier alpha value is -2.50. The normalized spacial score (nSPS) is 11.2. The van der Waals surface area contributed by atoms with E-state index in [4.69, 9.17) is 4.74 Å². The number of alkyl halides is 3. The predicted octanol–water partition coefficient (Wildman–Crippen LogP) is 4.02. The van der Waals surface area contributed by atoms with Crippen molar-refractivity contribution in [3.63, 3.8) is 0 Å². The molecule has 128 valence electrons. The van der Waals surface area contributed by atoms with Crippen molar-refractivity contribution in [3.8, 4) is 5.75 Å². The summed E-state index contributed by atoms with van der Waals surface area (Å²) in [5.74, 6) is 0.179. The number of hydrogen-bond acceptors (Lipinski definition) is 2. The molecule has 0 aliphatic rings. The van der Waals surface area contributed by atoms with Gasteiger partial charge in [0.25, 0.3) is 5.91 Å². The van der Waals surface area contributed by atoms with Gasteiger partial charge in [0.15, 0.2) is 6.61 Å². The molecule has 0 heterocycles. The molecule has 6 heteroatoms. The van der Waals surface area contributed by atoms with E-state index >= 15 is 0 Å². The van der Waals surface area contributed by atoms with E-state index in [1.165, 1.54) is 12.1 Å². The van der Waals surface area contributed by atoms with Crippen molar-refractivity contribution in [2.75, 3.05) is 6.61 Å². The molecule has 0 fully saturated rings. The Morgan fingerprint density at radius 2 is 1.83 bits per heavy atom. The topological polar surface area (TPSA) is 38.3 Å². The Balaban J connectivity index is 1.86.